The van der Waals surface area contributed by atoms with Crippen molar-refractivity contribution in [1.29, 1.82) is 0 Å². The zero-order valence-electron chi connectivity index (χ0n) is 13.3. The predicted octanol–water partition coefficient (Wildman–Crippen LogP) is 2.37. The van der Waals surface area contributed by atoms with Crippen LogP contribution in [0.1, 0.15) is 23.1 Å². The van der Waals surface area contributed by atoms with E-state index in [-0.39, 0.29) is 12.5 Å². The SMILES string of the molecule is CCOC(=O)C1(NC(=O)/C=C\c2nccs2)Cc2ccccc2C1. The third-order valence-corrected chi connectivity index (χ3v) is 4.70. The first-order chi connectivity index (χ1) is 11.6. The van der Waals surface area contributed by atoms with E-state index in [0.29, 0.717) is 12.8 Å². The predicted molar refractivity (Wildman–Crippen MR) is 92.5 cm³/mol. The van der Waals surface area contributed by atoms with E-state index < -0.39 is 11.5 Å². The minimum absolute atomic E-state index is 0.280. The fraction of sp³-hybridized carbons (Fsp3) is 0.278. The van der Waals surface area contributed by atoms with Crippen molar-refractivity contribution in [3.05, 3.63) is 58.1 Å². The number of ether oxygens (including phenoxy) is 1. The first-order valence-corrected chi connectivity index (χ1v) is 8.65. The number of fused-ring (bicyclic) bond motifs is 1. The van der Waals surface area contributed by atoms with Gasteiger partial charge >= 0.3 is 5.97 Å². The summed E-state index contributed by atoms with van der Waals surface area (Å²) in [6, 6.07) is 7.83. The maximum atomic E-state index is 12.5. The highest BCUT2D eigenvalue weighted by molar-refractivity contribution is 7.10. The van der Waals surface area contributed by atoms with Crippen LogP contribution < -0.4 is 5.32 Å². The van der Waals surface area contributed by atoms with Crippen LogP contribution in [0.5, 0.6) is 0 Å². The van der Waals surface area contributed by atoms with Crippen LogP contribution in [0.3, 0.4) is 0 Å². The third kappa shape index (κ3) is 3.38. The van der Waals surface area contributed by atoms with Crippen LogP contribution in [0.15, 0.2) is 41.9 Å². The number of rotatable bonds is 5. The van der Waals surface area contributed by atoms with Crippen molar-refractivity contribution < 1.29 is 14.3 Å². The Hall–Kier alpha value is -2.47. The molecule has 1 aromatic carbocycles. The quantitative estimate of drug-likeness (QED) is 0.669. The van der Waals surface area contributed by atoms with E-state index in [2.05, 4.69) is 10.3 Å². The van der Waals surface area contributed by atoms with E-state index in [4.69, 9.17) is 4.74 Å². The molecule has 24 heavy (non-hydrogen) atoms. The van der Waals surface area contributed by atoms with Gasteiger partial charge in [0, 0.05) is 30.5 Å². The van der Waals surface area contributed by atoms with E-state index in [1.807, 2.05) is 29.6 Å². The number of benzene rings is 1. The monoisotopic (exact) mass is 342 g/mol. The molecule has 0 atom stereocenters. The summed E-state index contributed by atoms with van der Waals surface area (Å²) in [6.07, 6.45) is 5.61. The first-order valence-electron chi connectivity index (χ1n) is 7.77. The highest BCUT2D eigenvalue weighted by atomic mass is 32.1. The molecular weight excluding hydrogens is 324 g/mol. The number of carbonyl (C=O) groups excluding carboxylic acids is 2. The largest absolute Gasteiger partial charge is 0.464 e. The summed E-state index contributed by atoms with van der Waals surface area (Å²) in [4.78, 5) is 29.0. The van der Waals surface area contributed by atoms with Gasteiger partial charge in [-0.15, -0.1) is 11.3 Å². The van der Waals surface area contributed by atoms with E-state index in [1.54, 1.807) is 19.2 Å². The van der Waals surface area contributed by atoms with Crippen LogP contribution in [0, 0.1) is 0 Å². The Morgan fingerprint density at radius 3 is 2.62 bits per heavy atom. The number of nitrogens with one attached hydrogen (secondary N) is 1. The lowest BCUT2D eigenvalue weighted by molar-refractivity contribution is -0.152. The Labute approximate surface area is 144 Å². The maximum Gasteiger partial charge on any atom is 0.332 e. The van der Waals surface area contributed by atoms with Gasteiger partial charge in [-0.3, -0.25) is 4.79 Å². The van der Waals surface area contributed by atoms with Crippen LogP contribution in [-0.4, -0.2) is 29.0 Å². The minimum Gasteiger partial charge on any atom is -0.464 e. The van der Waals surface area contributed by atoms with Gasteiger partial charge in [-0.05, 0) is 24.1 Å². The Morgan fingerprint density at radius 2 is 2.04 bits per heavy atom. The smallest absolute Gasteiger partial charge is 0.332 e. The Kier molecular flexibility index (Phi) is 4.76. The molecule has 0 spiro atoms. The lowest BCUT2D eigenvalue weighted by Crippen LogP contribution is -2.55. The minimum atomic E-state index is -1.04. The van der Waals surface area contributed by atoms with Crippen molar-refractivity contribution in [2.24, 2.45) is 0 Å². The second-order valence-corrected chi connectivity index (χ2v) is 6.54. The van der Waals surface area contributed by atoms with Gasteiger partial charge in [-0.1, -0.05) is 24.3 Å². The van der Waals surface area contributed by atoms with Gasteiger partial charge in [-0.2, -0.15) is 0 Å². The van der Waals surface area contributed by atoms with Gasteiger partial charge in [0.05, 0.1) is 6.61 Å². The molecule has 6 heteroatoms. The van der Waals surface area contributed by atoms with Crippen molar-refractivity contribution in [2.45, 2.75) is 25.3 Å². The lowest BCUT2D eigenvalue weighted by Gasteiger charge is -2.27. The van der Waals surface area contributed by atoms with Gasteiger partial charge in [-0.25, -0.2) is 9.78 Å². The average Bonchev–Trinajstić information content (AvgIpc) is 3.20. The number of carbonyl (C=O) groups is 2. The molecule has 124 valence electrons. The molecule has 1 amide bonds. The molecule has 1 aromatic heterocycles. The number of amides is 1. The molecule has 1 heterocycles. The molecule has 0 fully saturated rings. The second kappa shape index (κ2) is 6.97. The molecule has 2 aromatic rings. The van der Waals surface area contributed by atoms with Gasteiger partial charge < -0.3 is 10.1 Å². The number of aromatic nitrogens is 1. The molecule has 0 saturated carbocycles. The molecule has 1 N–H and O–H groups in total. The van der Waals surface area contributed by atoms with Crippen molar-refractivity contribution in [1.82, 2.24) is 10.3 Å². The van der Waals surface area contributed by atoms with E-state index in [1.165, 1.54) is 17.4 Å². The van der Waals surface area contributed by atoms with Gasteiger partial charge in [0.25, 0.3) is 0 Å². The van der Waals surface area contributed by atoms with E-state index in [0.717, 1.165) is 16.1 Å². The summed E-state index contributed by atoms with van der Waals surface area (Å²) < 4.78 is 5.22. The standard InChI is InChI=1S/C18H18N2O3S/c1-2-23-17(22)18(11-13-5-3-4-6-14(13)12-18)20-15(21)7-8-16-19-9-10-24-16/h3-10H,2,11-12H2,1H3,(H,20,21)/b8-7-. The fourth-order valence-corrected chi connectivity index (χ4v) is 3.44. The molecule has 5 nitrogen and oxygen atoms in total. The number of esters is 1. The number of hydrogen-bond donors (Lipinski definition) is 1. The van der Waals surface area contributed by atoms with Gasteiger partial charge in [0.1, 0.15) is 10.5 Å². The van der Waals surface area contributed by atoms with Crippen LogP contribution >= 0.6 is 11.3 Å². The number of hydrogen-bond acceptors (Lipinski definition) is 5. The van der Waals surface area contributed by atoms with Crippen molar-refractivity contribution in [2.75, 3.05) is 6.61 Å². The summed E-state index contributed by atoms with van der Waals surface area (Å²) in [5.74, 6) is -0.719. The number of nitrogens with zero attached hydrogens (tertiary/aromatic N) is 1. The van der Waals surface area contributed by atoms with Crippen LogP contribution in [0.4, 0.5) is 0 Å². The molecule has 1 aliphatic rings. The topological polar surface area (TPSA) is 68.3 Å². The lowest BCUT2D eigenvalue weighted by atomic mass is 9.95. The van der Waals surface area contributed by atoms with Gasteiger partial charge in [0.15, 0.2) is 0 Å². The first kappa shape index (κ1) is 16.4. The molecule has 0 unspecified atom stereocenters. The zero-order chi connectivity index (χ0) is 17.0. The number of thiazole rings is 1. The highest BCUT2D eigenvalue weighted by Crippen LogP contribution is 2.31. The van der Waals surface area contributed by atoms with Crippen molar-refractivity contribution >= 4 is 29.3 Å². The molecule has 0 radical (unpaired) electrons. The maximum absolute atomic E-state index is 12.5. The summed E-state index contributed by atoms with van der Waals surface area (Å²) in [5.41, 5.74) is 1.09. The molecular formula is C18H18N2O3S. The highest BCUT2D eigenvalue weighted by Gasteiger charge is 2.46. The average molecular weight is 342 g/mol. The molecule has 0 saturated heterocycles. The van der Waals surface area contributed by atoms with Crippen LogP contribution in [0.2, 0.25) is 0 Å². The summed E-state index contributed by atoms with van der Waals surface area (Å²) >= 11 is 1.44. The molecule has 3 rings (SSSR count). The van der Waals surface area contributed by atoms with E-state index >= 15 is 0 Å². The Bertz CT molecular complexity index is 743. The second-order valence-electron chi connectivity index (χ2n) is 5.62. The zero-order valence-corrected chi connectivity index (χ0v) is 14.1. The molecule has 1 aliphatic carbocycles. The van der Waals surface area contributed by atoms with Crippen LogP contribution in [-0.2, 0) is 27.2 Å². The molecule has 0 aliphatic heterocycles. The molecule has 0 bridgehead atoms. The van der Waals surface area contributed by atoms with Gasteiger partial charge in [0.2, 0.25) is 5.91 Å². The summed E-state index contributed by atoms with van der Waals surface area (Å²) in [7, 11) is 0. The summed E-state index contributed by atoms with van der Waals surface area (Å²) in [5, 5.41) is 5.44. The van der Waals surface area contributed by atoms with Crippen LogP contribution in [0.25, 0.3) is 6.08 Å². The van der Waals surface area contributed by atoms with E-state index in [9.17, 15) is 9.59 Å². The Balaban J connectivity index is 1.79. The van der Waals surface area contributed by atoms with Crippen molar-refractivity contribution in [3.63, 3.8) is 0 Å². The fourth-order valence-electron chi connectivity index (χ4n) is 2.91. The Morgan fingerprint density at radius 1 is 1.33 bits per heavy atom. The third-order valence-electron chi connectivity index (χ3n) is 3.96. The normalized spacial score (nSPS) is 15.2. The van der Waals surface area contributed by atoms with Crippen molar-refractivity contribution in [3.8, 4) is 0 Å². The summed E-state index contributed by atoms with van der Waals surface area (Å²) in [6.45, 7) is 2.04.